The molecule has 0 saturated carbocycles. The molecule has 4 rings (SSSR count). The number of fused-ring (bicyclic) bond motifs is 1. The highest BCUT2D eigenvalue weighted by molar-refractivity contribution is 5.56. The predicted octanol–water partition coefficient (Wildman–Crippen LogP) is 3.52. The molecule has 0 atom stereocenters. The van der Waals surface area contributed by atoms with Crippen LogP contribution in [0.25, 0.3) is 11.5 Å². The van der Waals surface area contributed by atoms with E-state index in [0.29, 0.717) is 0 Å². The maximum absolute atomic E-state index is 5.70. The number of hydrogen-bond acceptors (Lipinski definition) is 4. The summed E-state index contributed by atoms with van der Waals surface area (Å²) in [6, 6.07) is 12.8. The Bertz CT molecular complexity index is 851. The Kier molecular flexibility index (Phi) is 5.18. The lowest BCUT2D eigenvalue weighted by Gasteiger charge is -2.28. The van der Waals surface area contributed by atoms with Crippen LogP contribution in [0.5, 0.6) is 0 Å². The summed E-state index contributed by atoms with van der Waals surface area (Å²) in [5.41, 5.74) is 5.12. The summed E-state index contributed by atoms with van der Waals surface area (Å²) in [6.45, 7) is 7.14. The first-order chi connectivity index (χ1) is 12.8. The van der Waals surface area contributed by atoms with Gasteiger partial charge in [0, 0.05) is 25.2 Å². The molecule has 0 fully saturated rings. The third kappa shape index (κ3) is 3.89. The summed E-state index contributed by atoms with van der Waals surface area (Å²) >= 11 is 0. The van der Waals surface area contributed by atoms with Gasteiger partial charge in [-0.25, -0.2) is 0 Å². The number of aromatic amines is 1. The molecule has 0 spiro atoms. The van der Waals surface area contributed by atoms with Crippen molar-refractivity contribution >= 4 is 0 Å². The number of furan rings is 1. The van der Waals surface area contributed by atoms with Gasteiger partial charge in [0.1, 0.15) is 11.5 Å². The van der Waals surface area contributed by atoms with Crippen LogP contribution in [0.15, 0.2) is 47.0 Å². The number of H-pyrrole nitrogens is 1. The third-order valence-corrected chi connectivity index (χ3v) is 5.06. The van der Waals surface area contributed by atoms with Gasteiger partial charge in [-0.05, 0) is 56.1 Å². The maximum Gasteiger partial charge on any atom is 0.152 e. The molecule has 2 aromatic heterocycles. The summed E-state index contributed by atoms with van der Waals surface area (Å²) in [4.78, 5) is 2.55. The number of rotatable bonds is 7. The molecule has 2 N–H and O–H groups in total. The Morgan fingerprint density at radius 1 is 1.19 bits per heavy atom. The lowest BCUT2D eigenvalue weighted by Crippen LogP contribution is -2.32. The lowest BCUT2D eigenvalue weighted by atomic mass is 10.00. The average molecular weight is 350 g/mol. The minimum absolute atomic E-state index is 0.800. The van der Waals surface area contributed by atoms with Gasteiger partial charge in [0.2, 0.25) is 0 Å². The molecule has 136 valence electrons. The van der Waals surface area contributed by atoms with Crippen LogP contribution in [-0.2, 0) is 19.5 Å². The number of benzene rings is 1. The highest BCUT2D eigenvalue weighted by Gasteiger charge is 2.15. The van der Waals surface area contributed by atoms with Gasteiger partial charge >= 0.3 is 0 Å². The summed E-state index contributed by atoms with van der Waals surface area (Å²) < 4.78 is 5.70. The molecule has 0 saturated heterocycles. The van der Waals surface area contributed by atoms with Gasteiger partial charge in [-0.15, -0.1) is 0 Å². The zero-order valence-corrected chi connectivity index (χ0v) is 15.3. The number of hydrogen-bond donors (Lipinski definition) is 2. The molecule has 1 aliphatic heterocycles. The summed E-state index contributed by atoms with van der Waals surface area (Å²) in [6.07, 6.45) is 4.20. The quantitative estimate of drug-likeness (QED) is 0.640. The van der Waals surface area contributed by atoms with Crippen LogP contribution in [0.1, 0.15) is 28.9 Å². The maximum atomic E-state index is 5.70. The zero-order valence-electron chi connectivity index (χ0n) is 15.3. The van der Waals surface area contributed by atoms with Crippen LogP contribution in [0.4, 0.5) is 0 Å². The van der Waals surface area contributed by atoms with Crippen molar-refractivity contribution in [2.45, 2.75) is 32.9 Å². The van der Waals surface area contributed by atoms with Crippen LogP contribution < -0.4 is 5.32 Å². The van der Waals surface area contributed by atoms with E-state index in [2.05, 4.69) is 44.7 Å². The van der Waals surface area contributed by atoms with Crippen molar-refractivity contribution in [1.82, 2.24) is 20.4 Å². The fraction of sp³-hybridized carbons (Fsp3) is 0.381. The SMILES string of the molecule is Cc1ccc(-c2[nH]ncc2CNCCCN2CCc3ccccc3C2)o1. The van der Waals surface area contributed by atoms with E-state index in [1.165, 1.54) is 24.1 Å². The van der Waals surface area contributed by atoms with Crippen molar-refractivity contribution in [3.8, 4) is 11.5 Å². The first-order valence-corrected chi connectivity index (χ1v) is 9.38. The molecule has 0 unspecified atom stereocenters. The number of nitrogens with zero attached hydrogens (tertiary/aromatic N) is 2. The van der Waals surface area contributed by atoms with Crippen molar-refractivity contribution < 1.29 is 4.42 Å². The summed E-state index contributed by atoms with van der Waals surface area (Å²) in [5.74, 6) is 1.76. The van der Waals surface area contributed by atoms with E-state index in [0.717, 1.165) is 55.4 Å². The molecule has 1 aromatic carbocycles. The molecule has 3 aromatic rings. The largest absolute Gasteiger partial charge is 0.460 e. The topological polar surface area (TPSA) is 57.1 Å². The summed E-state index contributed by atoms with van der Waals surface area (Å²) in [7, 11) is 0. The molecular formula is C21H26N4O. The normalized spacial score (nSPS) is 14.5. The van der Waals surface area contributed by atoms with E-state index in [1.54, 1.807) is 0 Å². The molecule has 0 aliphatic carbocycles. The second kappa shape index (κ2) is 7.89. The van der Waals surface area contributed by atoms with Crippen LogP contribution >= 0.6 is 0 Å². The van der Waals surface area contributed by atoms with Gasteiger partial charge in [0.25, 0.3) is 0 Å². The van der Waals surface area contributed by atoms with Crippen molar-refractivity contribution in [2.75, 3.05) is 19.6 Å². The van der Waals surface area contributed by atoms with Crippen molar-refractivity contribution in [3.05, 3.63) is 65.0 Å². The minimum atomic E-state index is 0.800. The van der Waals surface area contributed by atoms with E-state index in [1.807, 2.05) is 25.3 Å². The van der Waals surface area contributed by atoms with E-state index in [9.17, 15) is 0 Å². The molecule has 3 heterocycles. The highest BCUT2D eigenvalue weighted by atomic mass is 16.3. The second-order valence-electron chi connectivity index (χ2n) is 7.01. The smallest absolute Gasteiger partial charge is 0.152 e. The number of aryl methyl sites for hydroxylation is 1. The molecular weight excluding hydrogens is 324 g/mol. The fourth-order valence-electron chi connectivity index (χ4n) is 3.62. The standard InChI is InChI=1S/C21H26N4O/c1-16-7-8-20(26-16)21-19(14-23-24-21)13-22-10-4-11-25-12-9-17-5-2-3-6-18(17)15-25/h2-3,5-8,14,22H,4,9-13,15H2,1H3,(H,23,24). The van der Waals surface area contributed by atoms with E-state index in [4.69, 9.17) is 4.42 Å². The Labute approximate surface area is 154 Å². The van der Waals surface area contributed by atoms with Gasteiger partial charge in [0.05, 0.1) is 6.20 Å². The van der Waals surface area contributed by atoms with E-state index in [-0.39, 0.29) is 0 Å². The summed E-state index contributed by atoms with van der Waals surface area (Å²) in [5, 5.41) is 10.7. The molecule has 0 radical (unpaired) electrons. The lowest BCUT2D eigenvalue weighted by molar-refractivity contribution is 0.250. The van der Waals surface area contributed by atoms with E-state index < -0.39 is 0 Å². The van der Waals surface area contributed by atoms with Crippen LogP contribution in [-0.4, -0.2) is 34.7 Å². The van der Waals surface area contributed by atoms with Gasteiger partial charge < -0.3 is 9.73 Å². The number of aromatic nitrogens is 2. The Balaban J connectivity index is 1.22. The monoisotopic (exact) mass is 350 g/mol. The molecule has 26 heavy (non-hydrogen) atoms. The van der Waals surface area contributed by atoms with Crippen molar-refractivity contribution in [2.24, 2.45) is 0 Å². The van der Waals surface area contributed by atoms with Gasteiger partial charge in [0.15, 0.2) is 5.76 Å². The van der Waals surface area contributed by atoms with Gasteiger partial charge in [-0.3, -0.25) is 10.00 Å². The molecule has 0 amide bonds. The minimum Gasteiger partial charge on any atom is -0.460 e. The van der Waals surface area contributed by atoms with E-state index >= 15 is 0 Å². The van der Waals surface area contributed by atoms with Crippen molar-refractivity contribution in [3.63, 3.8) is 0 Å². The Morgan fingerprint density at radius 3 is 2.92 bits per heavy atom. The van der Waals surface area contributed by atoms with Crippen LogP contribution in [0.2, 0.25) is 0 Å². The molecule has 1 aliphatic rings. The highest BCUT2D eigenvalue weighted by Crippen LogP contribution is 2.23. The third-order valence-electron chi connectivity index (χ3n) is 5.06. The van der Waals surface area contributed by atoms with Crippen LogP contribution in [0, 0.1) is 6.92 Å². The van der Waals surface area contributed by atoms with Crippen LogP contribution in [0.3, 0.4) is 0 Å². The average Bonchev–Trinajstić information content (AvgIpc) is 3.30. The van der Waals surface area contributed by atoms with Gasteiger partial charge in [-0.1, -0.05) is 24.3 Å². The second-order valence-corrected chi connectivity index (χ2v) is 7.01. The molecule has 5 heteroatoms. The first-order valence-electron chi connectivity index (χ1n) is 9.38. The molecule has 5 nitrogen and oxygen atoms in total. The predicted molar refractivity (Wildman–Crippen MR) is 103 cm³/mol. The molecule has 0 bridgehead atoms. The fourth-order valence-corrected chi connectivity index (χ4v) is 3.62. The number of nitrogens with one attached hydrogen (secondary N) is 2. The van der Waals surface area contributed by atoms with Gasteiger partial charge in [-0.2, -0.15) is 5.10 Å². The Morgan fingerprint density at radius 2 is 2.08 bits per heavy atom. The Hall–Kier alpha value is -2.37. The first kappa shape index (κ1) is 17.1. The zero-order chi connectivity index (χ0) is 17.8. The van der Waals surface area contributed by atoms with Crippen molar-refractivity contribution in [1.29, 1.82) is 0 Å².